The zero-order chi connectivity index (χ0) is 15.4. The lowest BCUT2D eigenvalue weighted by molar-refractivity contribution is -0.125. The van der Waals surface area contributed by atoms with Crippen LogP contribution in [0.3, 0.4) is 0 Å². The van der Waals surface area contributed by atoms with Crippen molar-refractivity contribution in [2.75, 3.05) is 0 Å². The van der Waals surface area contributed by atoms with Crippen molar-refractivity contribution in [1.82, 2.24) is 5.32 Å². The van der Waals surface area contributed by atoms with E-state index >= 15 is 0 Å². The van der Waals surface area contributed by atoms with Crippen molar-refractivity contribution in [3.63, 3.8) is 0 Å². The molecule has 3 aliphatic rings. The van der Waals surface area contributed by atoms with E-state index in [1.165, 1.54) is 18.4 Å². The molecule has 3 fully saturated rings. The number of amides is 1. The van der Waals surface area contributed by atoms with Gasteiger partial charge < -0.3 is 5.32 Å². The molecule has 3 atom stereocenters. The third kappa shape index (κ3) is 2.02. The summed E-state index contributed by atoms with van der Waals surface area (Å²) in [4.78, 5) is 12.7. The molecule has 22 heavy (non-hydrogen) atoms. The lowest BCUT2D eigenvalue weighted by atomic mass is 9.91. The summed E-state index contributed by atoms with van der Waals surface area (Å²) < 4.78 is 1.07. The van der Waals surface area contributed by atoms with Crippen LogP contribution in [0, 0.1) is 22.2 Å². The molecule has 1 spiro atoms. The lowest BCUT2D eigenvalue weighted by Gasteiger charge is -2.15. The SMILES string of the molecule is N#CC1(C(=O)N[C@@H]2C[C@H]2c2ccc(Br)cc2)CC12CCCC2. The van der Waals surface area contributed by atoms with E-state index in [4.69, 9.17) is 0 Å². The number of nitriles is 1. The highest BCUT2D eigenvalue weighted by Crippen LogP contribution is 2.71. The van der Waals surface area contributed by atoms with Crippen LogP contribution in [0.2, 0.25) is 0 Å². The summed E-state index contributed by atoms with van der Waals surface area (Å²) >= 11 is 3.44. The number of rotatable bonds is 3. The van der Waals surface area contributed by atoms with Gasteiger partial charge in [0.1, 0.15) is 5.41 Å². The Morgan fingerprint density at radius 3 is 2.59 bits per heavy atom. The first-order chi connectivity index (χ1) is 10.6. The minimum absolute atomic E-state index is 0.00777. The fourth-order valence-electron chi connectivity index (χ4n) is 4.37. The summed E-state index contributed by atoms with van der Waals surface area (Å²) in [6.45, 7) is 0. The van der Waals surface area contributed by atoms with Gasteiger partial charge in [0, 0.05) is 21.8 Å². The van der Waals surface area contributed by atoms with Crippen molar-refractivity contribution in [2.24, 2.45) is 10.8 Å². The minimum Gasteiger partial charge on any atom is -0.351 e. The first-order valence-electron chi connectivity index (χ1n) is 8.08. The van der Waals surface area contributed by atoms with Gasteiger partial charge in [-0.2, -0.15) is 5.26 Å². The maximum atomic E-state index is 12.7. The number of carbonyl (C=O) groups is 1. The van der Waals surface area contributed by atoms with Crippen molar-refractivity contribution in [3.05, 3.63) is 34.3 Å². The molecule has 3 aliphatic carbocycles. The highest BCUT2D eigenvalue weighted by atomic mass is 79.9. The highest BCUT2D eigenvalue weighted by molar-refractivity contribution is 9.10. The van der Waals surface area contributed by atoms with Crippen molar-refractivity contribution in [3.8, 4) is 6.07 Å². The first-order valence-corrected chi connectivity index (χ1v) is 8.87. The third-order valence-electron chi connectivity index (χ3n) is 5.93. The zero-order valence-electron chi connectivity index (χ0n) is 12.4. The molecule has 114 valence electrons. The van der Waals surface area contributed by atoms with Gasteiger partial charge in [-0.25, -0.2) is 0 Å². The molecule has 3 nitrogen and oxygen atoms in total. The monoisotopic (exact) mass is 358 g/mol. The average molecular weight is 359 g/mol. The van der Waals surface area contributed by atoms with Crippen LogP contribution in [0.15, 0.2) is 28.7 Å². The van der Waals surface area contributed by atoms with E-state index in [1.54, 1.807) is 0 Å². The van der Waals surface area contributed by atoms with Crippen LogP contribution in [-0.2, 0) is 4.79 Å². The number of hydrogen-bond acceptors (Lipinski definition) is 2. The molecule has 0 aromatic heterocycles. The summed E-state index contributed by atoms with van der Waals surface area (Å²) in [7, 11) is 0. The topological polar surface area (TPSA) is 52.9 Å². The van der Waals surface area contributed by atoms with Gasteiger partial charge in [0.2, 0.25) is 5.91 Å². The predicted octanol–water partition coefficient (Wildman–Crippen LogP) is 3.90. The number of benzene rings is 1. The van der Waals surface area contributed by atoms with E-state index in [0.717, 1.165) is 30.2 Å². The van der Waals surface area contributed by atoms with Gasteiger partial charge in [-0.1, -0.05) is 40.9 Å². The highest BCUT2D eigenvalue weighted by Gasteiger charge is 2.73. The Hall–Kier alpha value is -1.34. The first kappa shape index (κ1) is 14.3. The smallest absolute Gasteiger partial charge is 0.241 e. The van der Waals surface area contributed by atoms with Gasteiger partial charge >= 0.3 is 0 Å². The van der Waals surface area contributed by atoms with E-state index in [0.29, 0.717) is 5.92 Å². The van der Waals surface area contributed by atoms with Crippen LogP contribution in [-0.4, -0.2) is 11.9 Å². The molecule has 1 amide bonds. The Kier molecular flexibility index (Phi) is 3.13. The Labute approximate surface area is 139 Å². The molecule has 0 aliphatic heterocycles. The number of hydrogen-bond donors (Lipinski definition) is 1. The molecule has 0 heterocycles. The summed E-state index contributed by atoms with van der Waals surface area (Å²) in [5, 5.41) is 12.7. The molecule has 3 saturated carbocycles. The Bertz CT molecular complexity index is 657. The summed E-state index contributed by atoms with van der Waals surface area (Å²) in [6, 6.07) is 10.9. The van der Waals surface area contributed by atoms with Gasteiger partial charge in [-0.05, 0) is 43.4 Å². The number of nitrogens with zero attached hydrogens (tertiary/aromatic N) is 1. The molecule has 1 N–H and O–H groups in total. The van der Waals surface area contributed by atoms with E-state index < -0.39 is 5.41 Å². The normalized spacial score (nSPS) is 34.2. The third-order valence-corrected chi connectivity index (χ3v) is 6.46. The summed E-state index contributed by atoms with van der Waals surface area (Å²) in [6.07, 6.45) is 6.20. The molecular formula is C18H19BrN2O. The van der Waals surface area contributed by atoms with Crippen LogP contribution in [0.5, 0.6) is 0 Å². The van der Waals surface area contributed by atoms with Crippen molar-refractivity contribution in [1.29, 1.82) is 5.26 Å². The number of halogens is 1. The largest absolute Gasteiger partial charge is 0.351 e. The molecule has 1 aromatic rings. The van der Waals surface area contributed by atoms with Crippen LogP contribution < -0.4 is 5.32 Å². The van der Waals surface area contributed by atoms with Crippen LogP contribution in [0.25, 0.3) is 0 Å². The van der Waals surface area contributed by atoms with Gasteiger partial charge in [0.05, 0.1) is 6.07 Å². The van der Waals surface area contributed by atoms with Crippen molar-refractivity contribution < 1.29 is 4.79 Å². The van der Waals surface area contributed by atoms with Crippen molar-refractivity contribution >= 4 is 21.8 Å². The summed E-state index contributed by atoms with van der Waals surface area (Å²) in [5.41, 5.74) is 0.551. The quantitative estimate of drug-likeness (QED) is 0.890. The minimum atomic E-state index is -0.726. The predicted molar refractivity (Wildman–Crippen MR) is 87.0 cm³/mol. The van der Waals surface area contributed by atoms with Crippen LogP contribution >= 0.6 is 15.9 Å². The molecule has 1 aromatic carbocycles. The Balaban J connectivity index is 1.42. The average Bonchev–Trinajstić information content (AvgIpc) is 3.34. The molecule has 1 unspecified atom stereocenters. The molecule has 0 radical (unpaired) electrons. The maximum absolute atomic E-state index is 12.7. The van der Waals surface area contributed by atoms with Gasteiger partial charge in [-0.15, -0.1) is 0 Å². The molecule has 0 saturated heterocycles. The molecular weight excluding hydrogens is 340 g/mol. The maximum Gasteiger partial charge on any atom is 0.241 e. The van der Waals surface area contributed by atoms with E-state index in [-0.39, 0.29) is 17.4 Å². The fourth-order valence-corrected chi connectivity index (χ4v) is 4.64. The zero-order valence-corrected chi connectivity index (χ0v) is 14.0. The second kappa shape index (κ2) is 4.83. The van der Waals surface area contributed by atoms with Gasteiger partial charge in [0.25, 0.3) is 0 Å². The standard InChI is InChI=1S/C18H19BrN2O/c19-13-5-3-12(4-6-13)14-9-15(14)21-16(22)18(11-20)10-17(18)7-1-2-8-17/h3-6,14-15H,1-2,7-10H2,(H,21,22)/t14-,15+,18?/m0/s1. The lowest BCUT2D eigenvalue weighted by Crippen LogP contribution is -2.36. The number of nitrogens with one attached hydrogen (secondary N) is 1. The molecule has 4 rings (SSSR count). The van der Waals surface area contributed by atoms with E-state index in [1.807, 2.05) is 12.1 Å². The van der Waals surface area contributed by atoms with Gasteiger partial charge in [0.15, 0.2) is 0 Å². The molecule has 4 heteroatoms. The van der Waals surface area contributed by atoms with Crippen LogP contribution in [0.4, 0.5) is 0 Å². The number of carbonyl (C=O) groups excluding carboxylic acids is 1. The van der Waals surface area contributed by atoms with Crippen LogP contribution in [0.1, 0.15) is 50.0 Å². The fraction of sp³-hybridized carbons (Fsp3) is 0.556. The van der Waals surface area contributed by atoms with E-state index in [9.17, 15) is 10.1 Å². The summed E-state index contributed by atoms with van der Waals surface area (Å²) in [5.74, 6) is 0.396. The Morgan fingerprint density at radius 1 is 1.27 bits per heavy atom. The second-order valence-corrected chi connectivity index (χ2v) is 8.07. The molecule has 0 bridgehead atoms. The van der Waals surface area contributed by atoms with Gasteiger partial charge in [-0.3, -0.25) is 4.79 Å². The Morgan fingerprint density at radius 2 is 1.95 bits per heavy atom. The van der Waals surface area contributed by atoms with E-state index in [2.05, 4.69) is 39.4 Å². The van der Waals surface area contributed by atoms with Crippen molar-refractivity contribution in [2.45, 2.75) is 50.5 Å². The second-order valence-electron chi connectivity index (χ2n) is 7.16.